The average Bonchev–Trinajstić information content (AvgIpc) is 3.39. The van der Waals surface area contributed by atoms with Crippen molar-refractivity contribution in [2.24, 2.45) is 16.6 Å². The van der Waals surface area contributed by atoms with Gasteiger partial charge in [-0.1, -0.05) is 43.5 Å². The second-order valence-corrected chi connectivity index (χ2v) is 8.92. The zero-order chi connectivity index (χ0) is 21.8. The molecule has 0 saturated heterocycles. The fraction of sp³-hybridized carbons (Fsp3) is 0.625. The number of carbonyl (C=O) groups excluding carboxylic acids is 2. The van der Waals surface area contributed by atoms with Crippen LogP contribution >= 0.6 is 0 Å². The van der Waals surface area contributed by atoms with E-state index >= 15 is 0 Å². The van der Waals surface area contributed by atoms with Gasteiger partial charge in [0.15, 0.2) is 0 Å². The number of nitrogens with two attached hydrogens (primary N) is 1. The van der Waals surface area contributed by atoms with Gasteiger partial charge >= 0.3 is 11.9 Å². The summed E-state index contributed by atoms with van der Waals surface area (Å²) < 4.78 is 10.7. The number of carbonyl (C=O) groups is 2. The second-order valence-electron chi connectivity index (χ2n) is 8.92. The molecule has 3 aliphatic rings. The quantitative estimate of drug-likeness (QED) is 0.640. The Kier molecular flexibility index (Phi) is 6.90. The molecule has 7 heteroatoms. The molecular weight excluding hydrogens is 394 g/mol. The first-order valence-electron chi connectivity index (χ1n) is 11.5. The molecule has 4 rings (SSSR count). The highest BCUT2D eigenvalue weighted by atomic mass is 16.5. The van der Waals surface area contributed by atoms with Crippen LogP contribution in [0.2, 0.25) is 0 Å². The van der Waals surface area contributed by atoms with Gasteiger partial charge in [0.2, 0.25) is 0 Å². The Bertz CT molecular complexity index is 821. The first-order chi connectivity index (χ1) is 15.1. The minimum absolute atomic E-state index is 0.120. The molecule has 1 fully saturated rings. The van der Waals surface area contributed by atoms with Gasteiger partial charge in [-0.3, -0.25) is 14.6 Å². The van der Waals surface area contributed by atoms with Crippen LogP contribution < -0.4 is 5.73 Å². The van der Waals surface area contributed by atoms with E-state index in [0.717, 1.165) is 25.8 Å². The smallest absolute Gasteiger partial charge is 0.322 e. The maximum absolute atomic E-state index is 12.7. The molecule has 7 nitrogen and oxygen atoms in total. The van der Waals surface area contributed by atoms with E-state index < -0.39 is 12.0 Å². The van der Waals surface area contributed by atoms with Crippen LogP contribution in [0.1, 0.15) is 74.6 Å². The molecule has 0 spiro atoms. The molecule has 2 aliphatic heterocycles. The molecular formula is C24H33N3O4. The van der Waals surface area contributed by atoms with E-state index in [2.05, 4.69) is 38.9 Å². The van der Waals surface area contributed by atoms with Crippen LogP contribution in [0.3, 0.4) is 0 Å². The van der Waals surface area contributed by atoms with Crippen LogP contribution in [0, 0.1) is 5.92 Å². The van der Waals surface area contributed by atoms with Crippen LogP contribution in [-0.2, 0) is 19.1 Å². The molecule has 1 saturated carbocycles. The Morgan fingerprint density at radius 3 is 2.68 bits per heavy atom. The molecule has 1 aromatic carbocycles. The Labute approximate surface area is 184 Å². The van der Waals surface area contributed by atoms with Gasteiger partial charge in [-0.15, -0.1) is 0 Å². The third kappa shape index (κ3) is 4.76. The SMILES string of the molecule is COC(=O)[C@@H](N)CCC(=O)OC(CC1c2ccccc2C2CN=CN21)C1CCCCC1. The van der Waals surface area contributed by atoms with Gasteiger partial charge < -0.3 is 20.1 Å². The average molecular weight is 428 g/mol. The third-order valence-electron chi connectivity index (χ3n) is 7.00. The zero-order valence-corrected chi connectivity index (χ0v) is 18.2. The Balaban J connectivity index is 1.46. The summed E-state index contributed by atoms with van der Waals surface area (Å²) in [5.74, 6) is -0.413. The summed E-state index contributed by atoms with van der Waals surface area (Å²) in [4.78, 5) is 31.1. The maximum atomic E-state index is 12.7. The molecule has 4 atom stereocenters. The maximum Gasteiger partial charge on any atom is 0.322 e. The van der Waals surface area contributed by atoms with E-state index in [-0.39, 0.29) is 31.0 Å². The summed E-state index contributed by atoms with van der Waals surface area (Å²) in [6.45, 7) is 0.785. The molecule has 168 valence electrons. The van der Waals surface area contributed by atoms with Gasteiger partial charge in [0.1, 0.15) is 12.1 Å². The molecule has 1 aromatic rings. The van der Waals surface area contributed by atoms with Gasteiger partial charge in [-0.05, 0) is 36.3 Å². The number of fused-ring (bicyclic) bond motifs is 3. The molecule has 0 bridgehead atoms. The van der Waals surface area contributed by atoms with E-state index in [9.17, 15) is 9.59 Å². The van der Waals surface area contributed by atoms with Crippen LogP contribution in [-0.4, -0.2) is 49.0 Å². The summed E-state index contributed by atoms with van der Waals surface area (Å²) in [6, 6.07) is 8.22. The van der Waals surface area contributed by atoms with Crippen molar-refractivity contribution in [3.05, 3.63) is 35.4 Å². The summed E-state index contributed by atoms with van der Waals surface area (Å²) in [6.07, 6.45) is 8.72. The van der Waals surface area contributed by atoms with Crippen LogP contribution in [0.5, 0.6) is 0 Å². The largest absolute Gasteiger partial charge is 0.468 e. The highest BCUT2D eigenvalue weighted by Gasteiger charge is 2.41. The molecule has 3 unspecified atom stereocenters. The molecule has 2 heterocycles. The van der Waals surface area contributed by atoms with E-state index in [1.165, 1.54) is 37.5 Å². The van der Waals surface area contributed by atoms with Crippen molar-refractivity contribution in [2.45, 2.75) is 75.6 Å². The molecule has 0 radical (unpaired) electrons. The van der Waals surface area contributed by atoms with Crippen LogP contribution in [0.15, 0.2) is 29.3 Å². The topological polar surface area (TPSA) is 94.2 Å². The highest BCUT2D eigenvalue weighted by Crippen LogP contribution is 2.46. The number of methoxy groups -OCH3 is 1. The molecule has 1 aliphatic carbocycles. The summed E-state index contributed by atoms with van der Waals surface area (Å²) in [5, 5.41) is 0. The number of rotatable bonds is 8. The van der Waals surface area contributed by atoms with Gasteiger partial charge in [-0.2, -0.15) is 0 Å². The third-order valence-corrected chi connectivity index (χ3v) is 7.00. The Hall–Kier alpha value is -2.41. The first kappa shape index (κ1) is 21.8. The number of hydrogen-bond donors (Lipinski definition) is 1. The van der Waals surface area contributed by atoms with E-state index in [1.54, 1.807) is 0 Å². The lowest BCUT2D eigenvalue weighted by Crippen LogP contribution is -2.35. The fourth-order valence-corrected chi connectivity index (χ4v) is 5.33. The fourth-order valence-electron chi connectivity index (χ4n) is 5.33. The monoisotopic (exact) mass is 427 g/mol. The number of esters is 2. The lowest BCUT2D eigenvalue weighted by atomic mass is 9.82. The lowest BCUT2D eigenvalue weighted by Gasteiger charge is -2.34. The molecule has 31 heavy (non-hydrogen) atoms. The second kappa shape index (κ2) is 9.81. The van der Waals surface area contributed by atoms with Crippen molar-refractivity contribution in [3.63, 3.8) is 0 Å². The predicted molar refractivity (Wildman–Crippen MR) is 117 cm³/mol. The Morgan fingerprint density at radius 2 is 1.94 bits per heavy atom. The number of aliphatic imine (C=N–C) groups is 1. The van der Waals surface area contributed by atoms with Gasteiger partial charge in [0.25, 0.3) is 0 Å². The normalized spacial score (nSPS) is 24.4. The summed E-state index contributed by atoms with van der Waals surface area (Å²) in [5.41, 5.74) is 8.45. The molecule has 0 amide bonds. The van der Waals surface area contributed by atoms with Crippen molar-refractivity contribution in [2.75, 3.05) is 13.7 Å². The minimum Gasteiger partial charge on any atom is -0.468 e. The van der Waals surface area contributed by atoms with E-state index in [0.29, 0.717) is 12.0 Å². The number of benzene rings is 1. The summed E-state index contributed by atoms with van der Waals surface area (Å²) >= 11 is 0. The van der Waals surface area contributed by atoms with Crippen molar-refractivity contribution in [1.29, 1.82) is 0 Å². The predicted octanol–water partition coefficient (Wildman–Crippen LogP) is 3.29. The highest BCUT2D eigenvalue weighted by molar-refractivity contribution is 5.77. The number of nitrogens with zero attached hydrogens (tertiary/aromatic N) is 2. The van der Waals surface area contributed by atoms with E-state index in [4.69, 9.17) is 10.5 Å². The standard InChI is InChI=1S/C24H33N3O4/c1-30-24(29)19(25)11-12-23(28)31-22(16-7-3-2-4-8-16)13-20-17-9-5-6-10-18(17)21-14-26-15-27(20)21/h5-6,9-10,15-16,19-22H,2-4,7-8,11-14,25H2,1H3/t19-,20?,21?,22?/m0/s1. The van der Waals surface area contributed by atoms with Crippen molar-refractivity contribution < 1.29 is 19.1 Å². The summed E-state index contributed by atoms with van der Waals surface area (Å²) in [7, 11) is 1.30. The minimum atomic E-state index is -0.797. The van der Waals surface area contributed by atoms with Crippen molar-refractivity contribution in [3.8, 4) is 0 Å². The number of hydrogen-bond acceptors (Lipinski definition) is 7. The van der Waals surface area contributed by atoms with Crippen molar-refractivity contribution >= 4 is 18.3 Å². The molecule has 0 aromatic heterocycles. The van der Waals surface area contributed by atoms with E-state index in [1.807, 2.05) is 6.34 Å². The van der Waals surface area contributed by atoms with Gasteiger partial charge in [0.05, 0.1) is 32.1 Å². The van der Waals surface area contributed by atoms with Crippen LogP contribution in [0.4, 0.5) is 0 Å². The van der Waals surface area contributed by atoms with Gasteiger partial charge in [0, 0.05) is 12.8 Å². The lowest BCUT2D eigenvalue weighted by molar-refractivity contribution is -0.154. The van der Waals surface area contributed by atoms with Crippen molar-refractivity contribution in [1.82, 2.24) is 4.90 Å². The number of ether oxygens (including phenoxy) is 2. The van der Waals surface area contributed by atoms with Gasteiger partial charge in [-0.25, -0.2) is 0 Å². The Morgan fingerprint density at radius 1 is 1.19 bits per heavy atom. The van der Waals surface area contributed by atoms with Crippen LogP contribution in [0.25, 0.3) is 0 Å². The first-order valence-corrected chi connectivity index (χ1v) is 11.5. The molecule has 2 N–H and O–H groups in total. The zero-order valence-electron chi connectivity index (χ0n) is 18.2.